The molecular weight excluding hydrogens is 302 g/mol. The van der Waals surface area contributed by atoms with Gasteiger partial charge in [0.2, 0.25) is 0 Å². The number of hydrogen-bond donors (Lipinski definition) is 1. The number of amides is 1. The summed E-state index contributed by atoms with van der Waals surface area (Å²) in [4.78, 5) is 23.3. The van der Waals surface area contributed by atoms with Gasteiger partial charge in [-0.3, -0.25) is 4.79 Å². The zero-order chi connectivity index (χ0) is 16.1. The second-order valence-corrected chi connectivity index (χ2v) is 5.41. The van der Waals surface area contributed by atoms with Crippen LogP contribution in [0, 0.1) is 6.92 Å². The molecule has 0 spiro atoms. The Bertz CT molecular complexity index is 683. The highest BCUT2D eigenvalue weighted by Gasteiger charge is 2.17. The van der Waals surface area contributed by atoms with Gasteiger partial charge in [-0.15, -0.1) is 0 Å². The number of hydrogen-bond acceptors (Lipinski definition) is 3. The summed E-state index contributed by atoms with van der Waals surface area (Å²) in [5, 5.41) is 14.2. The van der Waals surface area contributed by atoms with Gasteiger partial charge in [0.25, 0.3) is 5.91 Å². The number of carboxylic acid groups (broad SMARTS) is 1. The van der Waals surface area contributed by atoms with Gasteiger partial charge in [-0.1, -0.05) is 41.9 Å². The molecule has 0 radical (unpaired) electrons. The molecule has 1 N–H and O–H groups in total. The quantitative estimate of drug-likeness (QED) is 0.920. The Kier molecular flexibility index (Phi) is 5.17. The molecule has 0 aliphatic carbocycles. The largest absolute Gasteiger partial charge is 0.550 e. The third kappa shape index (κ3) is 4.09. The number of carbonyl (C=O) groups is 2. The van der Waals surface area contributed by atoms with Crippen molar-refractivity contribution < 1.29 is 14.7 Å². The fourth-order valence-electron chi connectivity index (χ4n) is 2.18. The van der Waals surface area contributed by atoms with E-state index < -0.39 is 12.0 Å². The molecular formula is C17H15ClNO3-. The third-order valence-corrected chi connectivity index (χ3v) is 3.59. The highest BCUT2D eigenvalue weighted by Crippen LogP contribution is 2.20. The number of nitrogens with one attached hydrogen (secondary N) is 1. The fraction of sp³-hybridized carbons (Fsp3) is 0.176. The summed E-state index contributed by atoms with van der Waals surface area (Å²) in [7, 11) is 0. The van der Waals surface area contributed by atoms with Crippen LogP contribution in [0.1, 0.15) is 33.9 Å². The minimum atomic E-state index is -1.23. The summed E-state index contributed by atoms with van der Waals surface area (Å²) in [6.07, 6.45) is -0.306. The standard InChI is InChI=1S/C17H16ClNO3/c1-11-4-2-3-5-14(11)17(22)19-15(10-16(20)21)12-6-8-13(18)9-7-12/h2-9,15H,10H2,1H3,(H,19,22)(H,20,21)/p-1/t15-/m1/s1. The first-order valence-electron chi connectivity index (χ1n) is 6.79. The van der Waals surface area contributed by atoms with E-state index in [0.29, 0.717) is 16.1 Å². The molecule has 0 aliphatic heterocycles. The van der Waals surface area contributed by atoms with E-state index in [1.165, 1.54) is 0 Å². The predicted molar refractivity (Wildman–Crippen MR) is 82.5 cm³/mol. The average Bonchev–Trinajstić information content (AvgIpc) is 2.47. The predicted octanol–water partition coefficient (Wildman–Crippen LogP) is 2.26. The summed E-state index contributed by atoms with van der Waals surface area (Å²) in [6.45, 7) is 1.82. The topological polar surface area (TPSA) is 69.2 Å². The number of aryl methyl sites for hydroxylation is 1. The van der Waals surface area contributed by atoms with E-state index >= 15 is 0 Å². The summed E-state index contributed by atoms with van der Waals surface area (Å²) in [5.74, 6) is -1.55. The maximum absolute atomic E-state index is 12.3. The van der Waals surface area contributed by atoms with Gasteiger partial charge in [-0.25, -0.2) is 0 Å². The zero-order valence-corrected chi connectivity index (χ0v) is 12.8. The van der Waals surface area contributed by atoms with Crippen molar-refractivity contribution in [2.45, 2.75) is 19.4 Å². The molecule has 0 bridgehead atoms. The maximum atomic E-state index is 12.3. The van der Waals surface area contributed by atoms with Crippen LogP contribution < -0.4 is 10.4 Å². The van der Waals surface area contributed by atoms with Crippen molar-refractivity contribution in [3.8, 4) is 0 Å². The second-order valence-electron chi connectivity index (χ2n) is 4.97. The number of halogens is 1. The molecule has 0 aliphatic rings. The Hall–Kier alpha value is -2.33. The van der Waals surface area contributed by atoms with Crippen molar-refractivity contribution in [3.05, 3.63) is 70.2 Å². The normalized spacial score (nSPS) is 11.7. The SMILES string of the molecule is Cc1ccccc1C(=O)N[C@H](CC(=O)[O-])c1ccc(Cl)cc1. The minimum absolute atomic E-state index is 0.306. The van der Waals surface area contributed by atoms with Crippen LogP contribution >= 0.6 is 11.6 Å². The molecule has 2 aromatic carbocycles. The molecule has 0 saturated heterocycles. The van der Waals surface area contributed by atoms with Crippen LogP contribution in [0.25, 0.3) is 0 Å². The van der Waals surface area contributed by atoms with Gasteiger partial charge in [0.15, 0.2) is 0 Å². The number of benzene rings is 2. The summed E-state index contributed by atoms with van der Waals surface area (Å²) < 4.78 is 0. The van der Waals surface area contributed by atoms with Gasteiger partial charge in [-0.05, 0) is 36.2 Å². The molecule has 2 rings (SSSR count). The maximum Gasteiger partial charge on any atom is 0.252 e. The Morgan fingerprint density at radius 2 is 1.77 bits per heavy atom. The molecule has 22 heavy (non-hydrogen) atoms. The lowest BCUT2D eigenvalue weighted by Crippen LogP contribution is -2.34. The number of aliphatic carboxylic acids is 1. The Labute approximate surface area is 133 Å². The molecule has 1 atom stereocenters. The summed E-state index contributed by atoms with van der Waals surface area (Å²) >= 11 is 5.83. The Morgan fingerprint density at radius 1 is 1.14 bits per heavy atom. The third-order valence-electron chi connectivity index (χ3n) is 3.34. The molecule has 0 aromatic heterocycles. The van der Waals surface area contributed by atoms with Gasteiger partial charge >= 0.3 is 0 Å². The van der Waals surface area contributed by atoms with E-state index in [-0.39, 0.29) is 12.3 Å². The van der Waals surface area contributed by atoms with Gasteiger partial charge in [-0.2, -0.15) is 0 Å². The lowest BCUT2D eigenvalue weighted by atomic mass is 10.0. The van der Waals surface area contributed by atoms with Crippen LogP contribution in [0.4, 0.5) is 0 Å². The first kappa shape index (κ1) is 16.0. The van der Waals surface area contributed by atoms with E-state index in [1.54, 1.807) is 36.4 Å². The molecule has 2 aromatic rings. The lowest BCUT2D eigenvalue weighted by Gasteiger charge is -2.20. The zero-order valence-electron chi connectivity index (χ0n) is 12.0. The first-order valence-corrected chi connectivity index (χ1v) is 7.17. The highest BCUT2D eigenvalue weighted by molar-refractivity contribution is 6.30. The van der Waals surface area contributed by atoms with Crippen molar-refractivity contribution in [2.24, 2.45) is 0 Å². The van der Waals surface area contributed by atoms with Gasteiger partial charge in [0.1, 0.15) is 0 Å². The molecule has 0 fully saturated rings. The van der Waals surface area contributed by atoms with Gasteiger partial charge < -0.3 is 15.2 Å². The van der Waals surface area contributed by atoms with Crippen molar-refractivity contribution in [2.75, 3.05) is 0 Å². The van der Waals surface area contributed by atoms with E-state index in [0.717, 1.165) is 5.56 Å². The van der Waals surface area contributed by atoms with Crippen LogP contribution in [-0.2, 0) is 4.79 Å². The summed E-state index contributed by atoms with van der Waals surface area (Å²) in [6, 6.07) is 13.1. The van der Waals surface area contributed by atoms with E-state index in [1.807, 2.05) is 19.1 Å². The van der Waals surface area contributed by atoms with Gasteiger partial charge in [0, 0.05) is 23.0 Å². The van der Waals surface area contributed by atoms with Crippen molar-refractivity contribution in [3.63, 3.8) is 0 Å². The minimum Gasteiger partial charge on any atom is -0.550 e. The molecule has 0 heterocycles. The molecule has 1 amide bonds. The van der Waals surface area contributed by atoms with Crippen LogP contribution in [-0.4, -0.2) is 11.9 Å². The molecule has 114 valence electrons. The number of carboxylic acids is 1. The number of rotatable bonds is 5. The van der Waals surface area contributed by atoms with E-state index in [2.05, 4.69) is 5.32 Å². The average molecular weight is 317 g/mol. The second kappa shape index (κ2) is 7.09. The van der Waals surface area contributed by atoms with Gasteiger partial charge in [0.05, 0.1) is 6.04 Å². The van der Waals surface area contributed by atoms with Crippen LogP contribution in [0.3, 0.4) is 0 Å². The summed E-state index contributed by atoms with van der Waals surface area (Å²) in [5.41, 5.74) is 2.00. The Balaban J connectivity index is 2.23. The van der Waals surface area contributed by atoms with Crippen LogP contribution in [0.15, 0.2) is 48.5 Å². The molecule has 5 heteroatoms. The van der Waals surface area contributed by atoms with E-state index in [9.17, 15) is 14.7 Å². The molecule has 0 unspecified atom stereocenters. The van der Waals surface area contributed by atoms with Crippen molar-refractivity contribution >= 4 is 23.5 Å². The number of carbonyl (C=O) groups excluding carboxylic acids is 2. The van der Waals surface area contributed by atoms with Crippen molar-refractivity contribution in [1.82, 2.24) is 5.32 Å². The fourth-order valence-corrected chi connectivity index (χ4v) is 2.30. The highest BCUT2D eigenvalue weighted by atomic mass is 35.5. The van der Waals surface area contributed by atoms with Crippen molar-refractivity contribution in [1.29, 1.82) is 0 Å². The Morgan fingerprint density at radius 3 is 2.36 bits per heavy atom. The smallest absolute Gasteiger partial charge is 0.252 e. The molecule has 0 saturated carbocycles. The van der Waals surface area contributed by atoms with Crippen LogP contribution in [0.2, 0.25) is 5.02 Å². The lowest BCUT2D eigenvalue weighted by molar-refractivity contribution is -0.306. The molecule has 4 nitrogen and oxygen atoms in total. The monoisotopic (exact) mass is 316 g/mol. The van der Waals surface area contributed by atoms with Crippen LogP contribution in [0.5, 0.6) is 0 Å². The van der Waals surface area contributed by atoms with E-state index in [4.69, 9.17) is 11.6 Å². The first-order chi connectivity index (χ1) is 10.5.